The van der Waals surface area contributed by atoms with Crippen molar-refractivity contribution in [2.24, 2.45) is 5.92 Å². The molecule has 2 heterocycles. The molecular formula is C32H44N2O3. The molecule has 3 aliphatic rings. The monoisotopic (exact) mass is 504 g/mol. The molecule has 3 fully saturated rings. The van der Waals surface area contributed by atoms with E-state index in [1.165, 1.54) is 62.6 Å². The Balaban J connectivity index is 1.29. The van der Waals surface area contributed by atoms with Gasteiger partial charge in [0.05, 0.1) is 20.3 Å². The smallest absolute Gasteiger partial charge is 0.254 e. The van der Waals surface area contributed by atoms with Crippen molar-refractivity contribution < 1.29 is 14.3 Å². The lowest BCUT2D eigenvalue weighted by atomic mass is 9.68. The third-order valence-electron chi connectivity index (χ3n) is 9.13. The fraction of sp³-hybridized carbons (Fsp3) is 0.594. The molecule has 0 radical (unpaired) electrons. The van der Waals surface area contributed by atoms with Crippen LogP contribution in [0.1, 0.15) is 79.3 Å². The Hall–Kier alpha value is -2.37. The van der Waals surface area contributed by atoms with Gasteiger partial charge in [-0.25, -0.2) is 0 Å². The lowest BCUT2D eigenvalue weighted by molar-refractivity contribution is 0.0303. The van der Waals surface area contributed by atoms with E-state index in [9.17, 15) is 4.79 Å². The topological polar surface area (TPSA) is 42.0 Å². The fourth-order valence-electron chi connectivity index (χ4n) is 6.78. The van der Waals surface area contributed by atoms with Gasteiger partial charge in [0.25, 0.3) is 5.91 Å². The number of carbonyl (C=O) groups excluding carboxylic acids is 1. The van der Waals surface area contributed by atoms with Crippen molar-refractivity contribution in [2.75, 3.05) is 53.0 Å². The molecule has 2 aromatic rings. The van der Waals surface area contributed by atoms with Gasteiger partial charge in [-0.2, -0.15) is 0 Å². The number of amides is 1. The number of methoxy groups -OCH3 is 1. The van der Waals surface area contributed by atoms with Crippen LogP contribution in [0.15, 0.2) is 48.5 Å². The van der Waals surface area contributed by atoms with Gasteiger partial charge in [0.2, 0.25) is 0 Å². The highest BCUT2D eigenvalue weighted by Crippen LogP contribution is 2.43. The maximum absolute atomic E-state index is 13.0. The lowest BCUT2D eigenvalue weighted by Crippen LogP contribution is -2.43. The summed E-state index contributed by atoms with van der Waals surface area (Å²) in [5.74, 6) is 1.98. The van der Waals surface area contributed by atoms with E-state index in [4.69, 9.17) is 9.47 Å². The van der Waals surface area contributed by atoms with Gasteiger partial charge in [-0.3, -0.25) is 4.79 Å². The molecule has 0 N–H and O–H groups in total. The van der Waals surface area contributed by atoms with E-state index >= 15 is 0 Å². The second-order valence-electron chi connectivity index (χ2n) is 11.3. The second kappa shape index (κ2) is 12.4. The van der Waals surface area contributed by atoms with Gasteiger partial charge in [-0.1, -0.05) is 56.4 Å². The van der Waals surface area contributed by atoms with Crippen molar-refractivity contribution in [1.82, 2.24) is 9.80 Å². The van der Waals surface area contributed by atoms with Crippen molar-refractivity contribution in [1.29, 1.82) is 0 Å². The zero-order valence-electron chi connectivity index (χ0n) is 22.6. The predicted octanol–water partition coefficient (Wildman–Crippen LogP) is 5.91. The van der Waals surface area contributed by atoms with Crippen LogP contribution in [0.2, 0.25) is 0 Å². The minimum absolute atomic E-state index is 0.0606. The van der Waals surface area contributed by atoms with Gasteiger partial charge in [0.1, 0.15) is 5.75 Å². The fourth-order valence-corrected chi connectivity index (χ4v) is 6.78. The van der Waals surface area contributed by atoms with Crippen LogP contribution in [-0.2, 0) is 10.2 Å². The van der Waals surface area contributed by atoms with Gasteiger partial charge in [-0.05, 0) is 86.6 Å². The van der Waals surface area contributed by atoms with Crippen LogP contribution in [0.25, 0.3) is 0 Å². The molecule has 37 heavy (non-hydrogen) atoms. The quantitative estimate of drug-likeness (QED) is 0.448. The summed E-state index contributed by atoms with van der Waals surface area (Å²) in [5, 5.41) is 0. The number of carbonyl (C=O) groups is 1. The molecule has 0 spiro atoms. The van der Waals surface area contributed by atoms with Crippen LogP contribution in [0.3, 0.4) is 0 Å². The second-order valence-corrected chi connectivity index (χ2v) is 11.3. The number of morpholine rings is 1. The number of ether oxygens (including phenoxy) is 2. The maximum atomic E-state index is 13.0. The summed E-state index contributed by atoms with van der Waals surface area (Å²) in [6, 6.07) is 17.1. The summed E-state index contributed by atoms with van der Waals surface area (Å²) in [4.78, 5) is 17.6. The van der Waals surface area contributed by atoms with E-state index in [-0.39, 0.29) is 11.3 Å². The highest BCUT2D eigenvalue weighted by Gasteiger charge is 2.38. The Morgan fingerprint density at radius 2 is 1.68 bits per heavy atom. The van der Waals surface area contributed by atoms with Crippen LogP contribution in [0, 0.1) is 5.92 Å². The van der Waals surface area contributed by atoms with E-state index in [1.54, 1.807) is 7.11 Å². The van der Waals surface area contributed by atoms with E-state index in [1.807, 2.05) is 23.1 Å². The van der Waals surface area contributed by atoms with Crippen molar-refractivity contribution >= 4 is 5.91 Å². The molecule has 5 rings (SSSR count). The van der Waals surface area contributed by atoms with Gasteiger partial charge < -0.3 is 19.3 Å². The summed E-state index contributed by atoms with van der Waals surface area (Å²) >= 11 is 0. The van der Waals surface area contributed by atoms with Crippen LogP contribution in [0.4, 0.5) is 0 Å². The number of benzene rings is 2. The van der Waals surface area contributed by atoms with Crippen molar-refractivity contribution in [3.63, 3.8) is 0 Å². The molecule has 2 aliphatic heterocycles. The van der Waals surface area contributed by atoms with Crippen molar-refractivity contribution in [3.8, 4) is 5.75 Å². The third-order valence-corrected chi connectivity index (χ3v) is 9.13. The normalized spacial score (nSPS) is 21.1. The Kier molecular flexibility index (Phi) is 8.83. The molecule has 2 aromatic carbocycles. The average Bonchev–Trinajstić information content (AvgIpc) is 2.98. The summed E-state index contributed by atoms with van der Waals surface area (Å²) in [6.07, 6.45) is 12.1. The summed E-state index contributed by atoms with van der Waals surface area (Å²) in [6.45, 7) is 6.03. The largest absolute Gasteiger partial charge is 0.497 e. The number of nitrogens with zero attached hydrogens (tertiary/aromatic N) is 2. The number of rotatable bonds is 8. The lowest BCUT2D eigenvalue weighted by Gasteiger charge is -2.43. The Morgan fingerprint density at radius 3 is 2.38 bits per heavy atom. The van der Waals surface area contributed by atoms with Gasteiger partial charge in [-0.15, -0.1) is 0 Å². The first-order chi connectivity index (χ1) is 18.2. The van der Waals surface area contributed by atoms with Gasteiger partial charge in [0.15, 0.2) is 0 Å². The zero-order valence-corrected chi connectivity index (χ0v) is 22.6. The van der Waals surface area contributed by atoms with E-state index in [0.717, 1.165) is 43.2 Å². The standard InChI is InChI=1S/C32H44N2O3/c1-36-30-11-5-10-29(25-30)32(16-19-33(20-17-32)18-6-9-26-7-3-2-4-8-26)28-14-12-27(13-15-28)31(35)34-21-23-37-24-22-34/h5,10-15,25-26H,2-4,6-9,16-24H2,1H3. The third kappa shape index (κ3) is 6.21. The highest BCUT2D eigenvalue weighted by atomic mass is 16.5. The SMILES string of the molecule is COc1cccc(C2(c3ccc(C(=O)N4CCOCC4)cc3)CCN(CCCC3CCCCC3)CC2)c1. The molecule has 0 unspecified atom stereocenters. The summed E-state index contributed by atoms with van der Waals surface area (Å²) in [5.41, 5.74) is 3.34. The number of piperidine rings is 1. The van der Waals surface area contributed by atoms with Crippen LogP contribution < -0.4 is 4.74 Å². The first kappa shape index (κ1) is 26.2. The minimum atomic E-state index is -0.0606. The molecule has 5 heteroatoms. The van der Waals surface area contributed by atoms with Gasteiger partial charge >= 0.3 is 0 Å². The summed E-state index contributed by atoms with van der Waals surface area (Å²) < 4.78 is 11.0. The Morgan fingerprint density at radius 1 is 0.946 bits per heavy atom. The molecule has 0 atom stereocenters. The van der Waals surface area contributed by atoms with Crippen molar-refractivity contribution in [3.05, 3.63) is 65.2 Å². The highest BCUT2D eigenvalue weighted by molar-refractivity contribution is 5.94. The van der Waals surface area contributed by atoms with E-state index < -0.39 is 0 Å². The first-order valence-electron chi connectivity index (χ1n) is 14.5. The van der Waals surface area contributed by atoms with E-state index in [2.05, 4.69) is 35.2 Å². The molecule has 0 aromatic heterocycles. The molecule has 1 aliphatic carbocycles. The molecule has 1 amide bonds. The first-order valence-corrected chi connectivity index (χ1v) is 14.5. The average molecular weight is 505 g/mol. The predicted molar refractivity (Wildman–Crippen MR) is 148 cm³/mol. The molecule has 2 saturated heterocycles. The van der Waals surface area contributed by atoms with Crippen molar-refractivity contribution in [2.45, 2.75) is 63.2 Å². The summed E-state index contributed by atoms with van der Waals surface area (Å²) in [7, 11) is 1.74. The van der Waals surface area contributed by atoms with Crippen LogP contribution >= 0.6 is 0 Å². The Bertz CT molecular complexity index is 1000. The van der Waals surface area contributed by atoms with E-state index in [0.29, 0.717) is 26.3 Å². The van der Waals surface area contributed by atoms with Crippen LogP contribution in [0.5, 0.6) is 5.75 Å². The number of likely N-dealkylation sites (tertiary alicyclic amines) is 1. The molecule has 0 bridgehead atoms. The zero-order chi connectivity index (χ0) is 25.5. The maximum Gasteiger partial charge on any atom is 0.254 e. The minimum Gasteiger partial charge on any atom is -0.497 e. The molecular weight excluding hydrogens is 460 g/mol. The number of hydrogen-bond acceptors (Lipinski definition) is 4. The Labute approximate surface area is 223 Å². The molecule has 1 saturated carbocycles. The van der Waals surface area contributed by atoms with Crippen LogP contribution in [-0.4, -0.2) is 68.8 Å². The molecule has 200 valence electrons. The van der Waals surface area contributed by atoms with Gasteiger partial charge in [0, 0.05) is 24.1 Å². The molecule has 5 nitrogen and oxygen atoms in total. The number of hydrogen-bond donors (Lipinski definition) is 0.